The lowest BCUT2D eigenvalue weighted by molar-refractivity contribution is -0.134. The van der Waals surface area contributed by atoms with E-state index in [1.54, 1.807) is 17.4 Å². The minimum atomic E-state index is -1.26. The highest BCUT2D eigenvalue weighted by molar-refractivity contribution is 7.14. The Bertz CT molecular complexity index is 1250. The maximum Gasteiger partial charge on any atom is 0.328 e. The van der Waals surface area contributed by atoms with Crippen LogP contribution < -0.4 is 4.74 Å². The first kappa shape index (κ1) is 30.7. The quantitative estimate of drug-likeness (QED) is 0.402. The lowest BCUT2D eigenvalue weighted by atomic mass is 10.2. The van der Waals surface area contributed by atoms with Gasteiger partial charge < -0.3 is 35.0 Å². The fraction of sp³-hybridized carbons (Fsp3) is 0.240. The summed E-state index contributed by atoms with van der Waals surface area (Å²) in [6, 6.07) is 6.61. The number of fused-ring (bicyclic) bond motifs is 2. The number of nitrogens with zero attached hydrogens (tertiary/aromatic N) is 3. The molecule has 0 atom stereocenters. The Labute approximate surface area is 226 Å². The number of ether oxygens (including phenoxy) is 1. The minimum Gasteiger partial charge on any atom is -0.478 e. The predicted molar refractivity (Wildman–Crippen MR) is 140 cm³/mol. The van der Waals surface area contributed by atoms with Gasteiger partial charge in [-0.05, 0) is 32.2 Å². The Hall–Kier alpha value is -4.56. The lowest BCUT2D eigenvalue weighted by Crippen LogP contribution is -2.47. The van der Waals surface area contributed by atoms with Gasteiger partial charge in [-0.3, -0.25) is 0 Å². The highest BCUT2D eigenvalue weighted by Crippen LogP contribution is 2.42. The van der Waals surface area contributed by atoms with Crippen LogP contribution in [-0.4, -0.2) is 93.2 Å². The van der Waals surface area contributed by atoms with E-state index in [1.807, 2.05) is 0 Å². The summed E-state index contributed by atoms with van der Waals surface area (Å²) in [6.45, 7) is 5.88. The molecule has 208 valence electrons. The van der Waals surface area contributed by atoms with Crippen molar-refractivity contribution in [2.75, 3.05) is 33.2 Å². The van der Waals surface area contributed by atoms with E-state index in [-0.39, 0.29) is 5.82 Å². The fourth-order valence-electron chi connectivity index (χ4n) is 3.21. The molecule has 1 aromatic heterocycles. The Morgan fingerprint density at radius 3 is 1.90 bits per heavy atom. The number of likely N-dealkylation sites (N-methyl/N-ethyl adjacent to an activating group) is 1. The van der Waals surface area contributed by atoms with Gasteiger partial charge in [0.05, 0.1) is 5.56 Å². The number of carboxylic acid groups (broad SMARTS) is 4. The summed E-state index contributed by atoms with van der Waals surface area (Å²) in [4.78, 5) is 48.7. The molecule has 0 bridgehead atoms. The fourth-order valence-corrected chi connectivity index (χ4v) is 4.07. The maximum atomic E-state index is 13.6. The summed E-state index contributed by atoms with van der Waals surface area (Å²) in [6.07, 6.45) is 2.23. The van der Waals surface area contributed by atoms with Gasteiger partial charge in [-0.15, -0.1) is 11.3 Å². The van der Waals surface area contributed by atoms with E-state index in [1.165, 1.54) is 17.0 Å². The molecule has 4 rings (SSSR count). The number of hydrogen-bond acceptors (Lipinski definition) is 9. The molecule has 1 saturated heterocycles. The molecule has 12 nitrogen and oxygen atoms in total. The summed E-state index contributed by atoms with van der Waals surface area (Å²) < 4.78 is 19.6. The van der Waals surface area contributed by atoms with E-state index < -0.39 is 23.9 Å². The van der Waals surface area contributed by atoms with Crippen LogP contribution in [0.3, 0.4) is 0 Å². The Balaban J connectivity index is 0.000000277. The predicted octanol–water partition coefficient (Wildman–Crippen LogP) is 3.05. The van der Waals surface area contributed by atoms with Gasteiger partial charge in [0.15, 0.2) is 10.8 Å². The molecule has 39 heavy (non-hydrogen) atoms. The molecule has 0 amide bonds. The normalized spacial score (nSPS) is 14.4. The van der Waals surface area contributed by atoms with Crippen LogP contribution >= 0.6 is 11.3 Å². The van der Waals surface area contributed by atoms with Crippen LogP contribution in [0.5, 0.6) is 10.8 Å². The second-order valence-corrected chi connectivity index (χ2v) is 9.24. The summed E-state index contributed by atoms with van der Waals surface area (Å²) in [5.41, 5.74) is 1.56. The number of piperazine rings is 1. The Morgan fingerprint density at radius 1 is 0.897 bits per heavy atom. The second-order valence-electron chi connectivity index (χ2n) is 8.02. The van der Waals surface area contributed by atoms with E-state index in [0.717, 1.165) is 42.6 Å². The van der Waals surface area contributed by atoms with E-state index >= 15 is 0 Å². The molecule has 4 N–H and O–H groups in total. The van der Waals surface area contributed by atoms with Gasteiger partial charge in [0.25, 0.3) is 0 Å². The first-order chi connectivity index (χ1) is 18.3. The number of amidine groups is 1. The monoisotopic (exact) mass is 563 g/mol. The standard InChI is InChI=1S/C17H18FN3OS.2C4H4O4/c1-11-9-13-16(21-7-5-20(2)6-8-21)19-14-10-12(18)3-4-15(14)22-17(13)23-11;2*5-3(6)1-2-4(7)8/h3-4,9-10H,5-8H2,1-2H3;2*1-2H,(H,5,6)(H,7,8)/b;2*2-1-. The SMILES string of the molecule is Cc1cc2c(s1)Oc1ccc(F)cc1N=C2N1CCN(C)CC1.O=C(O)/C=C\C(=O)O.O=C(O)/C=C\C(=O)O. The number of hydrogen-bond donors (Lipinski definition) is 4. The summed E-state index contributed by atoms with van der Waals surface area (Å²) in [5.74, 6) is -3.82. The Morgan fingerprint density at radius 2 is 1.41 bits per heavy atom. The smallest absolute Gasteiger partial charge is 0.328 e. The number of aliphatic carboxylic acids is 4. The largest absolute Gasteiger partial charge is 0.478 e. The number of aliphatic imine (C=N–C) groups is 1. The van der Waals surface area contributed by atoms with Gasteiger partial charge in [0.2, 0.25) is 0 Å². The number of thiophene rings is 1. The van der Waals surface area contributed by atoms with E-state index in [9.17, 15) is 23.6 Å². The third-order valence-corrected chi connectivity index (χ3v) is 5.88. The molecule has 1 fully saturated rings. The number of aryl methyl sites for hydroxylation is 1. The van der Waals surface area contributed by atoms with Crippen LogP contribution in [0.25, 0.3) is 0 Å². The molecule has 0 saturated carbocycles. The average Bonchev–Trinajstić information content (AvgIpc) is 3.15. The minimum absolute atomic E-state index is 0.296. The van der Waals surface area contributed by atoms with Gasteiger partial charge in [-0.2, -0.15) is 0 Å². The van der Waals surface area contributed by atoms with Crippen molar-refractivity contribution in [3.05, 3.63) is 64.8 Å². The van der Waals surface area contributed by atoms with Crippen molar-refractivity contribution in [2.24, 2.45) is 4.99 Å². The molecule has 0 radical (unpaired) electrons. The van der Waals surface area contributed by atoms with E-state index in [0.29, 0.717) is 35.7 Å². The maximum absolute atomic E-state index is 13.6. The molecule has 14 heteroatoms. The average molecular weight is 564 g/mol. The zero-order valence-corrected chi connectivity index (χ0v) is 21.7. The highest BCUT2D eigenvalue weighted by Gasteiger charge is 2.26. The van der Waals surface area contributed by atoms with Crippen LogP contribution in [0.2, 0.25) is 0 Å². The number of halogens is 1. The lowest BCUT2D eigenvalue weighted by Gasteiger charge is -2.34. The highest BCUT2D eigenvalue weighted by atomic mass is 32.1. The number of carbonyl (C=O) groups is 4. The number of carboxylic acids is 4. The Kier molecular flexibility index (Phi) is 11.3. The van der Waals surface area contributed by atoms with Gasteiger partial charge in [-0.1, -0.05) is 0 Å². The first-order valence-electron chi connectivity index (χ1n) is 11.2. The molecular weight excluding hydrogens is 537 g/mol. The third kappa shape index (κ3) is 10.4. The van der Waals surface area contributed by atoms with E-state index in [2.05, 4.69) is 29.8 Å². The summed E-state index contributed by atoms with van der Waals surface area (Å²) in [5, 5.41) is 32.1. The van der Waals surface area contributed by atoms with Gasteiger partial charge in [0.1, 0.15) is 17.3 Å². The second kappa shape index (κ2) is 14.4. The van der Waals surface area contributed by atoms with E-state index in [4.69, 9.17) is 30.2 Å². The molecule has 0 aliphatic carbocycles. The van der Waals surface area contributed by atoms with Crippen molar-refractivity contribution in [1.29, 1.82) is 0 Å². The molecule has 0 spiro atoms. The molecule has 2 aromatic rings. The van der Waals surface area contributed by atoms with Crippen LogP contribution in [0, 0.1) is 12.7 Å². The third-order valence-electron chi connectivity index (χ3n) is 4.95. The molecule has 0 unspecified atom stereocenters. The summed E-state index contributed by atoms with van der Waals surface area (Å²) >= 11 is 1.61. The van der Waals surface area contributed by atoms with Gasteiger partial charge in [0, 0.05) is 61.4 Å². The van der Waals surface area contributed by atoms with Crippen molar-refractivity contribution in [3.63, 3.8) is 0 Å². The molecule has 2 aliphatic heterocycles. The van der Waals surface area contributed by atoms with Crippen LogP contribution in [0.4, 0.5) is 10.1 Å². The number of rotatable bonds is 4. The number of benzene rings is 1. The molecule has 1 aromatic carbocycles. The molecular formula is C25H26FN3O9S. The van der Waals surface area contributed by atoms with Gasteiger partial charge >= 0.3 is 23.9 Å². The van der Waals surface area contributed by atoms with Crippen LogP contribution in [0.1, 0.15) is 10.4 Å². The van der Waals surface area contributed by atoms with Crippen molar-refractivity contribution in [3.8, 4) is 10.8 Å². The first-order valence-corrected chi connectivity index (χ1v) is 12.1. The zero-order chi connectivity index (χ0) is 29.1. The van der Waals surface area contributed by atoms with Crippen molar-refractivity contribution < 1.29 is 48.7 Å². The van der Waals surface area contributed by atoms with Crippen LogP contribution in [0.15, 0.2) is 53.6 Å². The van der Waals surface area contributed by atoms with Crippen molar-refractivity contribution in [2.45, 2.75) is 6.92 Å². The van der Waals surface area contributed by atoms with Gasteiger partial charge in [-0.25, -0.2) is 28.6 Å². The van der Waals surface area contributed by atoms with Crippen molar-refractivity contribution in [1.82, 2.24) is 9.80 Å². The van der Waals surface area contributed by atoms with Crippen LogP contribution in [-0.2, 0) is 19.2 Å². The molecule has 3 heterocycles. The molecule has 2 aliphatic rings. The summed E-state index contributed by atoms with van der Waals surface area (Å²) in [7, 11) is 2.13. The topological polar surface area (TPSA) is 177 Å². The zero-order valence-electron chi connectivity index (χ0n) is 20.9. The van der Waals surface area contributed by atoms with Crippen molar-refractivity contribution >= 4 is 46.7 Å².